The lowest BCUT2D eigenvalue weighted by atomic mass is 10.3. The third-order valence-electron chi connectivity index (χ3n) is 6.36. The molecule has 2 aliphatic rings. The van der Waals surface area contributed by atoms with Crippen LogP contribution in [-0.4, -0.2) is 78.5 Å². The zero-order valence-corrected chi connectivity index (χ0v) is 22.6. The molecule has 0 aliphatic carbocycles. The molecule has 5 rings (SSSR count). The Morgan fingerprint density at radius 2 is 1.58 bits per heavy atom. The van der Waals surface area contributed by atoms with E-state index in [-0.39, 0.29) is 34.7 Å². The van der Waals surface area contributed by atoms with Crippen molar-refractivity contribution in [3.05, 3.63) is 52.5 Å². The summed E-state index contributed by atoms with van der Waals surface area (Å²) in [5, 5.41) is 1.18. The first kappa shape index (κ1) is 25.5. The molecule has 0 atom stereocenters. The smallest absolute Gasteiger partial charge is 0.244 e. The quantitative estimate of drug-likeness (QED) is 0.414. The number of hydrogen-bond acceptors (Lipinski definition) is 7. The van der Waals surface area contributed by atoms with Crippen LogP contribution in [0.5, 0.6) is 0 Å². The Balaban J connectivity index is 1.25. The third-order valence-corrected chi connectivity index (χ3v) is 9.92. The van der Waals surface area contributed by atoms with Gasteiger partial charge in [-0.1, -0.05) is 47.1 Å². The lowest BCUT2D eigenvalue weighted by Gasteiger charge is -2.34. The lowest BCUT2D eigenvalue weighted by Crippen LogP contribution is -2.51. The molecule has 0 bridgehead atoms. The van der Waals surface area contributed by atoms with E-state index < -0.39 is 10.0 Å². The standard InChI is InChI=1S/C24H25Cl2N5O3S2/c25-17-7-8-18(26)21(15-17)36(33,34)31-13-11-29(12-14-31)22(32)16-35-24-23(30-9-3-4-10-30)27-19-5-1-2-6-20(19)28-24/h1-2,5-8,15H,3-4,9-14,16H2. The van der Waals surface area contributed by atoms with Gasteiger partial charge in [0, 0.05) is 44.3 Å². The SMILES string of the molecule is O=C(CSc1nc2ccccc2nc1N1CCCC1)N1CCN(S(=O)(=O)c2cc(Cl)ccc2Cl)CC1. The predicted octanol–water partition coefficient (Wildman–Crippen LogP) is 4.16. The number of nitrogens with zero attached hydrogens (tertiary/aromatic N) is 5. The second-order valence-corrected chi connectivity index (χ2v) is 12.4. The number of halogens is 2. The van der Waals surface area contributed by atoms with Crippen LogP contribution in [0.3, 0.4) is 0 Å². The van der Waals surface area contributed by atoms with Crippen molar-refractivity contribution in [1.29, 1.82) is 0 Å². The molecule has 1 amide bonds. The summed E-state index contributed by atoms with van der Waals surface area (Å²) in [5.41, 5.74) is 1.64. The van der Waals surface area contributed by atoms with Crippen molar-refractivity contribution in [2.24, 2.45) is 0 Å². The molecule has 8 nitrogen and oxygen atoms in total. The molecule has 190 valence electrons. The van der Waals surface area contributed by atoms with Crippen LogP contribution in [0, 0.1) is 0 Å². The van der Waals surface area contributed by atoms with E-state index in [4.69, 9.17) is 33.2 Å². The van der Waals surface area contributed by atoms with Crippen molar-refractivity contribution < 1.29 is 13.2 Å². The van der Waals surface area contributed by atoms with Crippen molar-refractivity contribution in [1.82, 2.24) is 19.2 Å². The molecular formula is C24H25Cl2N5O3S2. The van der Waals surface area contributed by atoms with Crippen molar-refractivity contribution in [2.75, 3.05) is 49.9 Å². The summed E-state index contributed by atoms with van der Waals surface area (Å²) < 4.78 is 27.5. The molecule has 3 heterocycles. The van der Waals surface area contributed by atoms with Gasteiger partial charge in [0.1, 0.15) is 9.92 Å². The Morgan fingerprint density at radius 1 is 0.917 bits per heavy atom. The molecule has 1 aromatic heterocycles. The number of thioether (sulfide) groups is 1. The summed E-state index contributed by atoms with van der Waals surface area (Å²) in [6.45, 7) is 2.86. The largest absolute Gasteiger partial charge is 0.354 e. The molecule has 2 aliphatic heterocycles. The summed E-state index contributed by atoms with van der Waals surface area (Å²) in [5.74, 6) is 0.985. The molecule has 0 saturated carbocycles. The first-order valence-electron chi connectivity index (χ1n) is 11.7. The fourth-order valence-electron chi connectivity index (χ4n) is 4.42. The fourth-order valence-corrected chi connectivity index (χ4v) is 7.49. The zero-order chi connectivity index (χ0) is 25.3. The number of carbonyl (C=O) groups excluding carboxylic acids is 1. The molecule has 0 radical (unpaired) electrons. The second kappa shape index (κ2) is 10.7. The number of carbonyl (C=O) groups is 1. The summed E-state index contributed by atoms with van der Waals surface area (Å²) in [7, 11) is -3.81. The van der Waals surface area contributed by atoms with Crippen LogP contribution in [0.2, 0.25) is 10.0 Å². The van der Waals surface area contributed by atoms with Gasteiger partial charge in [0.05, 0.1) is 21.8 Å². The average molecular weight is 567 g/mol. The van der Waals surface area contributed by atoms with Crippen LogP contribution in [0.15, 0.2) is 52.4 Å². The molecule has 0 unspecified atom stereocenters. The minimum atomic E-state index is -3.81. The van der Waals surface area contributed by atoms with Crippen LogP contribution in [0.25, 0.3) is 11.0 Å². The van der Waals surface area contributed by atoms with Crippen molar-refractivity contribution in [2.45, 2.75) is 22.8 Å². The maximum Gasteiger partial charge on any atom is 0.244 e. The van der Waals surface area contributed by atoms with Gasteiger partial charge in [-0.3, -0.25) is 4.79 Å². The predicted molar refractivity (Wildman–Crippen MR) is 144 cm³/mol. The Morgan fingerprint density at radius 3 is 2.28 bits per heavy atom. The number of aromatic nitrogens is 2. The molecule has 12 heteroatoms. The molecule has 2 fully saturated rings. The van der Waals surface area contributed by atoms with E-state index in [2.05, 4.69) is 4.90 Å². The minimum absolute atomic E-state index is 0.0173. The number of piperazine rings is 1. The average Bonchev–Trinajstić information content (AvgIpc) is 3.43. The van der Waals surface area contributed by atoms with E-state index >= 15 is 0 Å². The lowest BCUT2D eigenvalue weighted by molar-refractivity contribution is -0.129. The van der Waals surface area contributed by atoms with E-state index in [0.29, 0.717) is 18.1 Å². The number of benzene rings is 2. The van der Waals surface area contributed by atoms with Gasteiger partial charge in [-0.15, -0.1) is 0 Å². The van der Waals surface area contributed by atoms with E-state index in [1.807, 2.05) is 24.3 Å². The Labute approximate surface area is 224 Å². The number of rotatable bonds is 6. The first-order valence-corrected chi connectivity index (χ1v) is 14.9. The number of hydrogen-bond donors (Lipinski definition) is 0. The zero-order valence-electron chi connectivity index (χ0n) is 19.4. The van der Waals surface area contributed by atoms with Crippen LogP contribution >= 0.6 is 35.0 Å². The molecule has 36 heavy (non-hydrogen) atoms. The second-order valence-electron chi connectivity index (χ2n) is 8.68. The first-order chi connectivity index (χ1) is 17.3. The van der Waals surface area contributed by atoms with Gasteiger partial charge in [-0.25, -0.2) is 18.4 Å². The monoisotopic (exact) mass is 565 g/mol. The maximum absolute atomic E-state index is 13.1. The topological polar surface area (TPSA) is 86.7 Å². The number of para-hydroxylation sites is 2. The molecule has 0 spiro atoms. The van der Waals surface area contributed by atoms with Gasteiger partial charge >= 0.3 is 0 Å². The molecular weight excluding hydrogens is 541 g/mol. The number of amides is 1. The number of fused-ring (bicyclic) bond motifs is 1. The highest BCUT2D eigenvalue weighted by Crippen LogP contribution is 2.32. The number of anilines is 1. The Kier molecular flexibility index (Phi) is 7.60. The minimum Gasteiger partial charge on any atom is -0.354 e. The van der Waals surface area contributed by atoms with Crippen molar-refractivity contribution in [3.8, 4) is 0 Å². The normalized spacial score (nSPS) is 17.2. The van der Waals surface area contributed by atoms with Gasteiger partial charge in [0.15, 0.2) is 5.82 Å². The molecule has 2 saturated heterocycles. The summed E-state index contributed by atoms with van der Waals surface area (Å²) in [4.78, 5) is 26.6. The summed E-state index contributed by atoms with van der Waals surface area (Å²) in [6.07, 6.45) is 2.23. The maximum atomic E-state index is 13.1. The highest BCUT2D eigenvalue weighted by atomic mass is 35.5. The van der Waals surface area contributed by atoms with Crippen LogP contribution < -0.4 is 4.90 Å². The van der Waals surface area contributed by atoms with Crippen molar-refractivity contribution >= 4 is 67.7 Å². The Bertz CT molecular complexity index is 1390. The third kappa shape index (κ3) is 5.28. The highest BCUT2D eigenvalue weighted by molar-refractivity contribution is 8.00. The van der Waals surface area contributed by atoms with Gasteiger partial charge in [0.2, 0.25) is 15.9 Å². The van der Waals surface area contributed by atoms with Gasteiger partial charge < -0.3 is 9.80 Å². The van der Waals surface area contributed by atoms with E-state index in [9.17, 15) is 13.2 Å². The molecule has 3 aromatic rings. The fraction of sp³-hybridized carbons (Fsp3) is 0.375. The highest BCUT2D eigenvalue weighted by Gasteiger charge is 2.32. The van der Waals surface area contributed by atoms with Gasteiger partial charge in [-0.2, -0.15) is 4.31 Å². The van der Waals surface area contributed by atoms with Crippen LogP contribution in [-0.2, 0) is 14.8 Å². The van der Waals surface area contributed by atoms with Crippen LogP contribution in [0.1, 0.15) is 12.8 Å². The summed E-state index contributed by atoms with van der Waals surface area (Å²) >= 11 is 13.5. The van der Waals surface area contributed by atoms with E-state index in [0.717, 1.165) is 47.8 Å². The number of sulfonamides is 1. The van der Waals surface area contributed by atoms with Crippen molar-refractivity contribution in [3.63, 3.8) is 0 Å². The van der Waals surface area contributed by atoms with E-state index in [1.54, 1.807) is 11.0 Å². The van der Waals surface area contributed by atoms with Gasteiger partial charge in [-0.05, 0) is 43.2 Å². The van der Waals surface area contributed by atoms with Gasteiger partial charge in [0.25, 0.3) is 0 Å². The van der Waals surface area contributed by atoms with E-state index in [1.165, 1.54) is 28.2 Å². The summed E-state index contributed by atoms with van der Waals surface area (Å²) in [6, 6.07) is 12.1. The Hall–Kier alpha value is -2.11. The van der Waals surface area contributed by atoms with Crippen LogP contribution in [0.4, 0.5) is 5.82 Å². The molecule has 2 aromatic carbocycles. The molecule has 0 N–H and O–H groups in total.